The summed E-state index contributed by atoms with van der Waals surface area (Å²) in [6.45, 7) is 7.42. The zero-order chi connectivity index (χ0) is 12.9. The number of aryl methyl sites for hydroxylation is 1. The van der Waals surface area contributed by atoms with Crippen molar-refractivity contribution in [2.75, 3.05) is 39.4 Å². The molecule has 19 heavy (non-hydrogen) atoms. The average Bonchev–Trinajstić information content (AvgIpc) is 2.48. The highest BCUT2D eigenvalue weighted by Crippen LogP contribution is 2.17. The highest BCUT2D eigenvalue weighted by atomic mass is 16.5. The number of nitrogens with zero attached hydrogens (tertiary/aromatic N) is 1. The molecule has 3 heteroatoms. The van der Waals surface area contributed by atoms with Gasteiger partial charge in [-0.25, -0.2) is 0 Å². The number of benzene rings is 1. The SMILES string of the molecule is c1cc2c(cc1CCCN1CCOCC1)CCNC2. The van der Waals surface area contributed by atoms with E-state index in [9.17, 15) is 0 Å². The van der Waals surface area contributed by atoms with Crippen molar-refractivity contribution in [1.29, 1.82) is 0 Å². The standard InChI is InChI=1S/C16H24N2O/c1(7-18-8-10-19-11-9-18)2-14-3-4-16-13-17-6-5-15(16)12-14/h3-4,12,17H,1-2,5-11,13H2. The van der Waals surface area contributed by atoms with Gasteiger partial charge in [0.1, 0.15) is 0 Å². The molecule has 0 atom stereocenters. The predicted molar refractivity (Wildman–Crippen MR) is 77.4 cm³/mol. The number of ether oxygens (including phenoxy) is 1. The molecule has 0 amide bonds. The topological polar surface area (TPSA) is 24.5 Å². The molecular formula is C16H24N2O. The molecule has 2 aliphatic rings. The summed E-state index contributed by atoms with van der Waals surface area (Å²) in [6.07, 6.45) is 3.65. The molecule has 0 bridgehead atoms. The Morgan fingerprint density at radius 3 is 2.95 bits per heavy atom. The summed E-state index contributed by atoms with van der Waals surface area (Å²) in [6, 6.07) is 7.05. The molecule has 104 valence electrons. The second kappa shape index (κ2) is 6.51. The van der Waals surface area contributed by atoms with Crippen molar-refractivity contribution >= 4 is 0 Å². The van der Waals surface area contributed by atoms with E-state index in [-0.39, 0.29) is 0 Å². The third-order valence-electron chi connectivity index (χ3n) is 4.20. The third-order valence-corrected chi connectivity index (χ3v) is 4.20. The van der Waals surface area contributed by atoms with Gasteiger partial charge in [0, 0.05) is 19.6 Å². The van der Waals surface area contributed by atoms with Gasteiger partial charge in [0.15, 0.2) is 0 Å². The highest BCUT2D eigenvalue weighted by Gasteiger charge is 2.11. The molecule has 0 radical (unpaired) electrons. The molecule has 1 fully saturated rings. The minimum absolute atomic E-state index is 0.909. The highest BCUT2D eigenvalue weighted by molar-refractivity contribution is 5.33. The number of nitrogens with one attached hydrogen (secondary N) is 1. The number of hydrogen-bond acceptors (Lipinski definition) is 3. The summed E-state index contributed by atoms with van der Waals surface area (Å²) in [4.78, 5) is 2.52. The first-order valence-electron chi connectivity index (χ1n) is 7.53. The lowest BCUT2D eigenvalue weighted by Gasteiger charge is -2.26. The van der Waals surface area contributed by atoms with Crippen LogP contribution in [0.5, 0.6) is 0 Å². The van der Waals surface area contributed by atoms with Crippen LogP contribution in [0.15, 0.2) is 18.2 Å². The summed E-state index contributed by atoms with van der Waals surface area (Å²) in [5, 5.41) is 3.43. The Kier molecular flexibility index (Phi) is 4.49. The van der Waals surface area contributed by atoms with Crippen molar-refractivity contribution < 1.29 is 4.74 Å². The lowest BCUT2D eigenvalue weighted by Crippen LogP contribution is -2.36. The number of morpholine rings is 1. The lowest BCUT2D eigenvalue weighted by atomic mass is 9.97. The Morgan fingerprint density at radius 2 is 2.05 bits per heavy atom. The molecule has 1 aromatic rings. The minimum atomic E-state index is 0.909. The van der Waals surface area contributed by atoms with Crippen molar-refractivity contribution in [2.24, 2.45) is 0 Å². The van der Waals surface area contributed by atoms with Gasteiger partial charge in [0.2, 0.25) is 0 Å². The van der Waals surface area contributed by atoms with E-state index >= 15 is 0 Å². The van der Waals surface area contributed by atoms with Crippen molar-refractivity contribution in [3.63, 3.8) is 0 Å². The molecule has 1 N–H and O–H groups in total. The summed E-state index contributed by atoms with van der Waals surface area (Å²) in [7, 11) is 0. The van der Waals surface area contributed by atoms with Crippen molar-refractivity contribution in [2.45, 2.75) is 25.8 Å². The van der Waals surface area contributed by atoms with E-state index in [0.717, 1.165) is 39.4 Å². The first-order chi connectivity index (χ1) is 9.42. The fourth-order valence-corrected chi connectivity index (χ4v) is 3.02. The maximum Gasteiger partial charge on any atom is 0.0594 e. The zero-order valence-electron chi connectivity index (χ0n) is 11.7. The van der Waals surface area contributed by atoms with E-state index in [1.807, 2.05) is 0 Å². The summed E-state index contributed by atoms with van der Waals surface area (Å²) in [5.41, 5.74) is 4.56. The Labute approximate surface area is 115 Å². The molecule has 0 saturated carbocycles. The lowest BCUT2D eigenvalue weighted by molar-refractivity contribution is 0.0374. The summed E-state index contributed by atoms with van der Waals surface area (Å²) >= 11 is 0. The molecule has 0 unspecified atom stereocenters. The van der Waals surface area contributed by atoms with Crippen LogP contribution in [0.25, 0.3) is 0 Å². The molecule has 0 spiro atoms. The average molecular weight is 260 g/mol. The molecule has 1 saturated heterocycles. The second-order valence-corrected chi connectivity index (χ2v) is 5.59. The number of hydrogen-bond donors (Lipinski definition) is 1. The number of fused-ring (bicyclic) bond motifs is 1. The van der Waals surface area contributed by atoms with E-state index in [1.54, 1.807) is 5.56 Å². The van der Waals surface area contributed by atoms with E-state index in [2.05, 4.69) is 28.4 Å². The smallest absolute Gasteiger partial charge is 0.0594 e. The molecule has 3 rings (SSSR count). The monoisotopic (exact) mass is 260 g/mol. The van der Waals surface area contributed by atoms with Crippen LogP contribution >= 0.6 is 0 Å². The van der Waals surface area contributed by atoms with E-state index in [4.69, 9.17) is 4.74 Å². The van der Waals surface area contributed by atoms with Crippen LogP contribution in [0.1, 0.15) is 23.1 Å². The predicted octanol–water partition coefficient (Wildman–Crippen LogP) is 1.60. The van der Waals surface area contributed by atoms with Crippen molar-refractivity contribution in [3.05, 3.63) is 34.9 Å². The van der Waals surface area contributed by atoms with Crippen LogP contribution in [-0.4, -0.2) is 44.3 Å². The molecule has 0 aromatic heterocycles. The fourth-order valence-electron chi connectivity index (χ4n) is 3.02. The van der Waals surface area contributed by atoms with Gasteiger partial charge in [0.25, 0.3) is 0 Å². The Bertz CT molecular complexity index is 413. The van der Waals surface area contributed by atoms with Gasteiger partial charge in [-0.2, -0.15) is 0 Å². The van der Waals surface area contributed by atoms with E-state index in [1.165, 1.54) is 36.9 Å². The maximum absolute atomic E-state index is 5.38. The van der Waals surface area contributed by atoms with Crippen LogP contribution in [-0.2, 0) is 24.1 Å². The van der Waals surface area contributed by atoms with Gasteiger partial charge >= 0.3 is 0 Å². The zero-order valence-corrected chi connectivity index (χ0v) is 11.7. The first-order valence-corrected chi connectivity index (χ1v) is 7.53. The first kappa shape index (κ1) is 13.1. The van der Waals surface area contributed by atoms with Gasteiger partial charge in [-0.05, 0) is 49.0 Å². The summed E-state index contributed by atoms with van der Waals surface area (Å²) < 4.78 is 5.38. The third kappa shape index (κ3) is 3.56. The van der Waals surface area contributed by atoms with Gasteiger partial charge in [-0.15, -0.1) is 0 Å². The van der Waals surface area contributed by atoms with Crippen LogP contribution in [0.3, 0.4) is 0 Å². The molecular weight excluding hydrogens is 236 g/mol. The van der Waals surface area contributed by atoms with Crippen LogP contribution in [0.4, 0.5) is 0 Å². The molecule has 1 aromatic carbocycles. The molecule has 3 nitrogen and oxygen atoms in total. The molecule has 2 aliphatic heterocycles. The van der Waals surface area contributed by atoms with Crippen LogP contribution < -0.4 is 5.32 Å². The molecule has 2 heterocycles. The maximum atomic E-state index is 5.38. The van der Waals surface area contributed by atoms with Gasteiger partial charge < -0.3 is 10.1 Å². The fraction of sp³-hybridized carbons (Fsp3) is 0.625. The Hall–Kier alpha value is -0.900. The summed E-state index contributed by atoms with van der Waals surface area (Å²) in [5.74, 6) is 0. The van der Waals surface area contributed by atoms with Crippen LogP contribution in [0.2, 0.25) is 0 Å². The minimum Gasteiger partial charge on any atom is -0.379 e. The molecule has 0 aliphatic carbocycles. The van der Waals surface area contributed by atoms with Crippen molar-refractivity contribution in [3.8, 4) is 0 Å². The second-order valence-electron chi connectivity index (χ2n) is 5.59. The number of rotatable bonds is 4. The normalized spacial score (nSPS) is 20.2. The van der Waals surface area contributed by atoms with Gasteiger partial charge in [-0.3, -0.25) is 4.90 Å². The van der Waals surface area contributed by atoms with E-state index in [0.29, 0.717) is 0 Å². The van der Waals surface area contributed by atoms with Gasteiger partial charge in [0.05, 0.1) is 13.2 Å². The Balaban J connectivity index is 1.49. The quantitative estimate of drug-likeness (QED) is 0.890. The van der Waals surface area contributed by atoms with E-state index < -0.39 is 0 Å². The largest absolute Gasteiger partial charge is 0.379 e. The van der Waals surface area contributed by atoms with Crippen LogP contribution in [0, 0.1) is 0 Å². The van der Waals surface area contributed by atoms with Crippen molar-refractivity contribution in [1.82, 2.24) is 10.2 Å². The Morgan fingerprint density at radius 1 is 1.16 bits per heavy atom. The van der Waals surface area contributed by atoms with Gasteiger partial charge in [-0.1, -0.05) is 18.2 Å².